The number of aryl methyl sites for hydroxylation is 1. The number of piperidine rings is 1. The van der Waals surface area contributed by atoms with E-state index in [1.807, 2.05) is 30.0 Å². The van der Waals surface area contributed by atoms with Crippen LogP contribution in [-0.2, 0) is 0 Å². The fourth-order valence-electron chi connectivity index (χ4n) is 3.58. The van der Waals surface area contributed by atoms with Gasteiger partial charge in [-0.25, -0.2) is 0 Å². The molecular formula is C17H23BrN2O. The molecule has 1 aromatic rings. The minimum atomic E-state index is 0.184. The highest BCUT2D eigenvalue weighted by molar-refractivity contribution is 9.10. The van der Waals surface area contributed by atoms with E-state index in [2.05, 4.69) is 21.2 Å². The lowest BCUT2D eigenvalue weighted by Crippen LogP contribution is -2.43. The lowest BCUT2D eigenvalue weighted by molar-refractivity contribution is 0.0674. The highest BCUT2D eigenvalue weighted by atomic mass is 79.9. The second kappa shape index (κ2) is 6.49. The van der Waals surface area contributed by atoms with Crippen molar-refractivity contribution in [1.29, 1.82) is 0 Å². The number of likely N-dealkylation sites (tertiary alicyclic amines) is 1. The Hall–Kier alpha value is -0.870. The van der Waals surface area contributed by atoms with Gasteiger partial charge in [-0.05, 0) is 68.8 Å². The zero-order valence-electron chi connectivity index (χ0n) is 12.6. The van der Waals surface area contributed by atoms with Crippen LogP contribution in [0, 0.1) is 12.8 Å². The van der Waals surface area contributed by atoms with E-state index in [-0.39, 0.29) is 5.91 Å². The first kappa shape index (κ1) is 15.0. The second-order valence-electron chi connectivity index (χ2n) is 6.30. The Labute approximate surface area is 135 Å². The molecule has 3 nitrogen and oxygen atoms in total. The van der Waals surface area contributed by atoms with Crippen molar-refractivity contribution in [2.24, 2.45) is 5.92 Å². The van der Waals surface area contributed by atoms with Crippen LogP contribution in [0.3, 0.4) is 0 Å². The van der Waals surface area contributed by atoms with E-state index in [1.54, 1.807) is 0 Å². The normalized spacial score (nSPS) is 23.5. The first-order chi connectivity index (χ1) is 10.1. The predicted octanol–water partition coefficient (Wildman–Crippen LogP) is 3.36. The van der Waals surface area contributed by atoms with Crippen molar-refractivity contribution in [2.75, 3.05) is 19.6 Å². The number of nitrogens with one attached hydrogen (secondary N) is 1. The van der Waals surface area contributed by atoms with Crippen LogP contribution < -0.4 is 5.32 Å². The van der Waals surface area contributed by atoms with Gasteiger partial charge in [0.25, 0.3) is 5.91 Å². The largest absolute Gasteiger partial charge is 0.339 e. The summed E-state index contributed by atoms with van der Waals surface area (Å²) in [4.78, 5) is 14.6. The number of nitrogens with zero attached hydrogens (tertiary/aromatic N) is 1. The Kier molecular flexibility index (Phi) is 4.65. The lowest BCUT2D eigenvalue weighted by atomic mass is 9.88. The average molecular weight is 351 g/mol. The summed E-state index contributed by atoms with van der Waals surface area (Å²) in [7, 11) is 0. The number of hydrogen-bond acceptors (Lipinski definition) is 2. The van der Waals surface area contributed by atoms with E-state index in [1.165, 1.54) is 19.4 Å². The Balaban J connectivity index is 1.60. The molecule has 0 spiro atoms. The quantitative estimate of drug-likeness (QED) is 0.886. The molecule has 0 bridgehead atoms. The maximum Gasteiger partial charge on any atom is 0.253 e. The summed E-state index contributed by atoms with van der Waals surface area (Å²) in [5.74, 6) is 0.937. The Morgan fingerprint density at radius 1 is 1.29 bits per heavy atom. The highest BCUT2D eigenvalue weighted by Crippen LogP contribution is 2.27. The standard InChI is InChI=1S/C17H23BrN2O/c1-12-11-14(4-5-15(12)18)17(21)20-9-6-13(7-10-20)16-3-2-8-19-16/h4-5,11,13,16,19H,2-3,6-10H2,1H3. The SMILES string of the molecule is Cc1cc(C(=O)N2CCC(C3CCCN3)CC2)ccc1Br. The van der Waals surface area contributed by atoms with Gasteiger partial charge in [-0.2, -0.15) is 0 Å². The summed E-state index contributed by atoms with van der Waals surface area (Å²) in [6, 6.07) is 6.57. The Morgan fingerprint density at radius 3 is 2.67 bits per heavy atom. The third-order valence-electron chi connectivity index (χ3n) is 4.90. The molecule has 0 saturated carbocycles. The number of halogens is 1. The molecule has 1 amide bonds. The summed E-state index contributed by atoms with van der Waals surface area (Å²) in [6.45, 7) is 4.99. The van der Waals surface area contributed by atoms with E-state index in [4.69, 9.17) is 0 Å². The van der Waals surface area contributed by atoms with Crippen molar-refractivity contribution in [2.45, 2.75) is 38.6 Å². The molecule has 114 valence electrons. The van der Waals surface area contributed by atoms with Crippen LogP contribution in [0.1, 0.15) is 41.6 Å². The maximum atomic E-state index is 12.6. The molecule has 2 heterocycles. The number of carbonyl (C=O) groups excluding carboxylic acids is 1. The van der Waals surface area contributed by atoms with Crippen LogP contribution in [0.4, 0.5) is 0 Å². The Morgan fingerprint density at radius 2 is 2.05 bits per heavy atom. The maximum absolute atomic E-state index is 12.6. The molecular weight excluding hydrogens is 328 g/mol. The van der Waals surface area contributed by atoms with Gasteiger partial charge in [-0.3, -0.25) is 4.79 Å². The van der Waals surface area contributed by atoms with Gasteiger partial charge in [0.1, 0.15) is 0 Å². The van der Waals surface area contributed by atoms with Gasteiger partial charge in [0.15, 0.2) is 0 Å². The summed E-state index contributed by atoms with van der Waals surface area (Å²) >= 11 is 3.49. The molecule has 4 heteroatoms. The van der Waals surface area contributed by atoms with Crippen LogP contribution >= 0.6 is 15.9 Å². The van der Waals surface area contributed by atoms with E-state index < -0.39 is 0 Å². The van der Waals surface area contributed by atoms with Crippen molar-refractivity contribution < 1.29 is 4.79 Å². The smallest absolute Gasteiger partial charge is 0.253 e. The zero-order chi connectivity index (χ0) is 14.8. The van der Waals surface area contributed by atoms with Gasteiger partial charge in [0, 0.05) is 29.2 Å². The third-order valence-corrected chi connectivity index (χ3v) is 5.79. The van der Waals surface area contributed by atoms with Crippen LogP contribution in [0.5, 0.6) is 0 Å². The highest BCUT2D eigenvalue weighted by Gasteiger charge is 2.30. The minimum Gasteiger partial charge on any atom is -0.339 e. The minimum absolute atomic E-state index is 0.184. The summed E-state index contributed by atoms with van der Waals surface area (Å²) < 4.78 is 1.06. The molecule has 1 N–H and O–H groups in total. The van der Waals surface area contributed by atoms with E-state index in [9.17, 15) is 4.79 Å². The fourth-order valence-corrected chi connectivity index (χ4v) is 3.83. The molecule has 1 aromatic carbocycles. The fraction of sp³-hybridized carbons (Fsp3) is 0.588. The predicted molar refractivity (Wildman–Crippen MR) is 88.5 cm³/mol. The van der Waals surface area contributed by atoms with E-state index in [0.29, 0.717) is 6.04 Å². The number of amides is 1. The first-order valence-electron chi connectivity index (χ1n) is 7.94. The number of hydrogen-bond donors (Lipinski definition) is 1. The second-order valence-corrected chi connectivity index (χ2v) is 7.15. The van der Waals surface area contributed by atoms with Crippen LogP contribution in [0.25, 0.3) is 0 Å². The number of carbonyl (C=O) groups is 1. The van der Waals surface area contributed by atoms with Crippen LogP contribution in [-0.4, -0.2) is 36.5 Å². The summed E-state index contributed by atoms with van der Waals surface area (Å²) in [6.07, 6.45) is 4.89. The molecule has 0 aromatic heterocycles. The van der Waals surface area contributed by atoms with Gasteiger partial charge < -0.3 is 10.2 Å². The molecule has 3 rings (SSSR count). The first-order valence-corrected chi connectivity index (χ1v) is 8.73. The lowest BCUT2D eigenvalue weighted by Gasteiger charge is -2.35. The van der Waals surface area contributed by atoms with Crippen molar-refractivity contribution in [1.82, 2.24) is 10.2 Å². The average Bonchev–Trinajstić information content (AvgIpc) is 3.04. The van der Waals surface area contributed by atoms with Crippen molar-refractivity contribution in [3.05, 3.63) is 33.8 Å². The van der Waals surface area contributed by atoms with Gasteiger partial charge >= 0.3 is 0 Å². The molecule has 21 heavy (non-hydrogen) atoms. The monoisotopic (exact) mass is 350 g/mol. The van der Waals surface area contributed by atoms with Gasteiger partial charge in [0.2, 0.25) is 0 Å². The molecule has 1 atom stereocenters. The molecule has 2 saturated heterocycles. The molecule has 2 aliphatic heterocycles. The van der Waals surface area contributed by atoms with Crippen LogP contribution in [0.2, 0.25) is 0 Å². The topological polar surface area (TPSA) is 32.3 Å². The molecule has 0 aliphatic carbocycles. The molecule has 2 fully saturated rings. The molecule has 1 unspecified atom stereocenters. The number of benzene rings is 1. The van der Waals surface area contributed by atoms with E-state index in [0.717, 1.165) is 47.4 Å². The number of rotatable bonds is 2. The molecule has 2 aliphatic rings. The van der Waals surface area contributed by atoms with Gasteiger partial charge in [-0.1, -0.05) is 15.9 Å². The summed E-state index contributed by atoms with van der Waals surface area (Å²) in [5, 5.41) is 3.61. The van der Waals surface area contributed by atoms with E-state index >= 15 is 0 Å². The van der Waals surface area contributed by atoms with Crippen molar-refractivity contribution in [3.8, 4) is 0 Å². The van der Waals surface area contributed by atoms with Crippen molar-refractivity contribution in [3.63, 3.8) is 0 Å². The Bertz CT molecular complexity index is 518. The van der Waals surface area contributed by atoms with Gasteiger partial charge in [0.05, 0.1) is 0 Å². The van der Waals surface area contributed by atoms with Crippen molar-refractivity contribution >= 4 is 21.8 Å². The van der Waals surface area contributed by atoms with Crippen LogP contribution in [0.15, 0.2) is 22.7 Å². The molecule has 0 radical (unpaired) electrons. The zero-order valence-corrected chi connectivity index (χ0v) is 14.2. The third kappa shape index (κ3) is 3.32. The summed E-state index contributed by atoms with van der Waals surface area (Å²) in [5.41, 5.74) is 1.93. The van der Waals surface area contributed by atoms with Gasteiger partial charge in [-0.15, -0.1) is 0 Å².